The number of esters is 1. The number of ether oxygens (including phenoxy) is 1. The molecule has 0 saturated heterocycles. The molecule has 1 aromatic carbocycles. The van der Waals surface area contributed by atoms with Gasteiger partial charge in [0.05, 0.1) is 46.1 Å². The van der Waals surface area contributed by atoms with Gasteiger partial charge in [0.15, 0.2) is 0 Å². The van der Waals surface area contributed by atoms with E-state index in [2.05, 4.69) is 31.3 Å². The van der Waals surface area contributed by atoms with Crippen molar-refractivity contribution in [1.82, 2.24) is 0 Å². The molecule has 5 nitrogen and oxygen atoms in total. The highest BCUT2D eigenvalue weighted by atomic mass is 16.5. The minimum absolute atomic E-state index is 0.274. The molecule has 1 saturated carbocycles. The van der Waals surface area contributed by atoms with E-state index in [9.17, 15) is 4.79 Å². The molecule has 0 unspecified atom stereocenters. The number of quaternary nitrogens is 1. The zero-order valence-electron chi connectivity index (χ0n) is 15.6. The van der Waals surface area contributed by atoms with Gasteiger partial charge >= 0.3 is 5.97 Å². The van der Waals surface area contributed by atoms with Gasteiger partial charge in [-0.1, -0.05) is 25.0 Å². The molecule has 5 heteroatoms. The number of nitrogens with zero attached hydrogens (tertiary/aromatic N) is 3. The van der Waals surface area contributed by atoms with Gasteiger partial charge in [0, 0.05) is 12.6 Å². The SMILES string of the molecule is C[N+](C)(C)CCCOC(=O)c1ccc(C=NN=CC2CCCC2)cc1. The summed E-state index contributed by atoms with van der Waals surface area (Å²) < 4.78 is 6.18. The van der Waals surface area contributed by atoms with Crippen LogP contribution in [-0.4, -0.2) is 57.2 Å². The second kappa shape index (κ2) is 9.47. The Balaban J connectivity index is 1.75. The summed E-state index contributed by atoms with van der Waals surface area (Å²) in [5.74, 6) is 0.315. The van der Waals surface area contributed by atoms with E-state index in [1.54, 1.807) is 18.3 Å². The summed E-state index contributed by atoms with van der Waals surface area (Å²) in [5.41, 5.74) is 1.49. The van der Waals surface area contributed by atoms with E-state index < -0.39 is 0 Å². The summed E-state index contributed by atoms with van der Waals surface area (Å²) in [6.45, 7) is 1.43. The molecule has 2 rings (SSSR count). The van der Waals surface area contributed by atoms with Crippen molar-refractivity contribution < 1.29 is 14.0 Å². The fraction of sp³-hybridized carbons (Fsp3) is 0.550. The highest BCUT2D eigenvalue weighted by Crippen LogP contribution is 2.22. The Bertz CT molecular complexity index is 594. The first-order valence-electron chi connectivity index (χ1n) is 9.08. The van der Waals surface area contributed by atoms with Gasteiger partial charge in [-0.2, -0.15) is 10.2 Å². The Kier molecular flexibility index (Phi) is 7.31. The highest BCUT2D eigenvalue weighted by molar-refractivity contribution is 5.90. The molecule has 1 aromatic rings. The number of carbonyl (C=O) groups is 1. The highest BCUT2D eigenvalue weighted by Gasteiger charge is 2.12. The number of rotatable bonds is 8. The number of hydrogen-bond donors (Lipinski definition) is 0. The first kappa shape index (κ1) is 19.3. The fourth-order valence-electron chi connectivity index (χ4n) is 2.83. The third-order valence-electron chi connectivity index (χ3n) is 4.30. The third-order valence-corrected chi connectivity index (χ3v) is 4.30. The van der Waals surface area contributed by atoms with Crippen LogP contribution in [0.4, 0.5) is 0 Å². The van der Waals surface area contributed by atoms with E-state index in [4.69, 9.17) is 4.74 Å². The Morgan fingerprint density at radius 1 is 1.16 bits per heavy atom. The molecule has 0 aromatic heterocycles. The Morgan fingerprint density at radius 3 is 2.48 bits per heavy atom. The molecular formula is C20H30N3O2+. The van der Waals surface area contributed by atoms with Crippen molar-refractivity contribution in [3.63, 3.8) is 0 Å². The van der Waals surface area contributed by atoms with Crippen molar-refractivity contribution in [3.8, 4) is 0 Å². The van der Waals surface area contributed by atoms with Crippen LogP contribution >= 0.6 is 0 Å². The lowest BCUT2D eigenvalue weighted by molar-refractivity contribution is -0.870. The maximum atomic E-state index is 12.0. The summed E-state index contributed by atoms with van der Waals surface area (Å²) in [5, 5.41) is 8.22. The van der Waals surface area contributed by atoms with Gasteiger partial charge in [-0.3, -0.25) is 0 Å². The second-order valence-electron chi connectivity index (χ2n) is 7.68. The molecule has 0 bridgehead atoms. The Morgan fingerprint density at radius 2 is 1.84 bits per heavy atom. The molecule has 1 aliphatic rings. The third kappa shape index (κ3) is 7.61. The van der Waals surface area contributed by atoms with Crippen molar-refractivity contribution in [3.05, 3.63) is 35.4 Å². The zero-order valence-corrected chi connectivity index (χ0v) is 15.6. The fourth-order valence-corrected chi connectivity index (χ4v) is 2.83. The normalized spacial score (nSPS) is 16.1. The van der Waals surface area contributed by atoms with E-state index in [0.717, 1.165) is 23.0 Å². The second-order valence-corrected chi connectivity index (χ2v) is 7.68. The van der Waals surface area contributed by atoms with Crippen molar-refractivity contribution in [2.75, 3.05) is 34.3 Å². The van der Waals surface area contributed by atoms with Crippen molar-refractivity contribution in [2.24, 2.45) is 16.1 Å². The summed E-state index contributed by atoms with van der Waals surface area (Å²) in [7, 11) is 6.37. The molecule has 0 atom stereocenters. The molecule has 136 valence electrons. The maximum Gasteiger partial charge on any atom is 0.338 e. The minimum Gasteiger partial charge on any atom is -0.462 e. The number of hydrogen-bond acceptors (Lipinski definition) is 4. The lowest BCUT2D eigenvalue weighted by Gasteiger charge is -2.23. The molecule has 0 amide bonds. The first-order valence-corrected chi connectivity index (χ1v) is 9.08. The first-order chi connectivity index (χ1) is 11.9. The predicted molar refractivity (Wildman–Crippen MR) is 102 cm³/mol. The largest absolute Gasteiger partial charge is 0.462 e. The molecule has 1 fully saturated rings. The molecule has 0 spiro atoms. The Hall–Kier alpha value is -2.01. The van der Waals surface area contributed by atoms with E-state index >= 15 is 0 Å². The van der Waals surface area contributed by atoms with Gasteiger partial charge in [-0.25, -0.2) is 4.79 Å². The minimum atomic E-state index is -0.274. The lowest BCUT2D eigenvalue weighted by Crippen LogP contribution is -2.35. The number of benzene rings is 1. The lowest BCUT2D eigenvalue weighted by atomic mass is 10.1. The monoisotopic (exact) mass is 344 g/mol. The topological polar surface area (TPSA) is 51.0 Å². The molecule has 1 aliphatic carbocycles. The van der Waals surface area contributed by atoms with E-state index in [1.165, 1.54) is 25.7 Å². The summed E-state index contributed by atoms with van der Waals surface area (Å²) in [4.78, 5) is 12.0. The van der Waals surface area contributed by atoms with Crippen LogP contribution in [0.2, 0.25) is 0 Å². The van der Waals surface area contributed by atoms with Crippen LogP contribution < -0.4 is 0 Å². The summed E-state index contributed by atoms with van der Waals surface area (Å²) in [6.07, 6.45) is 9.57. The average Bonchev–Trinajstić information content (AvgIpc) is 3.08. The number of carbonyl (C=O) groups excluding carboxylic acids is 1. The summed E-state index contributed by atoms with van der Waals surface area (Å²) >= 11 is 0. The van der Waals surface area contributed by atoms with Gasteiger partial charge in [0.1, 0.15) is 0 Å². The van der Waals surface area contributed by atoms with Gasteiger partial charge < -0.3 is 9.22 Å². The van der Waals surface area contributed by atoms with E-state index in [0.29, 0.717) is 18.1 Å². The predicted octanol–water partition coefficient (Wildman–Crippen LogP) is 3.53. The van der Waals surface area contributed by atoms with Crippen molar-refractivity contribution >= 4 is 18.4 Å². The maximum absolute atomic E-state index is 12.0. The van der Waals surface area contributed by atoms with Gasteiger partial charge in [-0.15, -0.1) is 0 Å². The quantitative estimate of drug-likeness (QED) is 0.238. The molecular weight excluding hydrogens is 314 g/mol. The Labute approximate surface area is 151 Å². The van der Waals surface area contributed by atoms with Crippen LogP contribution in [0.25, 0.3) is 0 Å². The van der Waals surface area contributed by atoms with E-state index in [-0.39, 0.29) is 5.97 Å². The van der Waals surface area contributed by atoms with Crippen LogP contribution in [0.5, 0.6) is 0 Å². The van der Waals surface area contributed by atoms with Gasteiger partial charge in [0.25, 0.3) is 0 Å². The van der Waals surface area contributed by atoms with Crippen LogP contribution in [0.3, 0.4) is 0 Å². The van der Waals surface area contributed by atoms with Crippen molar-refractivity contribution in [2.45, 2.75) is 32.1 Å². The van der Waals surface area contributed by atoms with Crippen LogP contribution in [-0.2, 0) is 4.74 Å². The zero-order chi connectivity index (χ0) is 18.1. The van der Waals surface area contributed by atoms with Crippen LogP contribution in [0.15, 0.2) is 34.5 Å². The van der Waals surface area contributed by atoms with Crippen LogP contribution in [0.1, 0.15) is 48.0 Å². The molecule has 0 aliphatic heterocycles. The average molecular weight is 344 g/mol. The standard InChI is InChI=1S/C20H30N3O2/c1-23(2,3)13-6-14-25-20(24)19-11-9-18(10-12-19)16-22-21-15-17-7-4-5-8-17/h9-12,15-17H,4-8,13-14H2,1-3H3/q+1. The van der Waals surface area contributed by atoms with Gasteiger partial charge in [-0.05, 0) is 36.5 Å². The molecule has 0 heterocycles. The molecule has 25 heavy (non-hydrogen) atoms. The van der Waals surface area contributed by atoms with Crippen LogP contribution in [0, 0.1) is 5.92 Å². The van der Waals surface area contributed by atoms with Crippen molar-refractivity contribution in [1.29, 1.82) is 0 Å². The molecule has 0 radical (unpaired) electrons. The summed E-state index contributed by atoms with van der Waals surface area (Å²) in [6, 6.07) is 7.25. The van der Waals surface area contributed by atoms with E-state index in [1.807, 2.05) is 18.3 Å². The molecule has 0 N–H and O–H groups in total. The van der Waals surface area contributed by atoms with Gasteiger partial charge in [0.2, 0.25) is 0 Å². The smallest absolute Gasteiger partial charge is 0.338 e.